The minimum atomic E-state index is -1.53. The molecule has 37 heavy (non-hydrogen) atoms. The zero-order valence-electron chi connectivity index (χ0n) is 18.9. The number of halogens is 1. The monoisotopic (exact) mass is 526 g/mol. The van der Waals surface area contributed by atoms with Crippen LogP contribution in [0.2, 0.25) is 5.02 Å². The summed E-state index contributed by atoms with van der Waals surface area (Å²) in [4.78, 5) is 27.0. The molecule has 4 aromatic rings. The number of aliphatic hydroxyl groups is 1. The Labute approximate surface area is 213 Å². The highest BCUT2D eigenvalue weighted by Crippen LogP contribution is 2.34. The molecule has 190 valence electrons. The Morgan fingerprint density at radius 2 is 2.19 bits per heavy atom. The number of furan rings is 1. The largest absolute Gasteiger partial charge is 0.485 e. The molecular formula is C22H19ClN8O6. The van der Waals surface area contributed by atoms with Crippen molar-refractivity contribution in [3.05, 3.63) is 76.0 Å². The number of hydrogen-bond acceptors (Lipinski definition) is 10. The summed E-state index contributed by atoms with van der Waals surface area (Å²) >= 11 is 6.20. The van der Waals surface area contributed by atoms with Gasteiger partial charge in [0.2, 0.25) is 0 Å². The molecule has 1 aromatic carbocycles. The Bertz CT molecular complexity index is 1470. The van der Waals surface area contributed by atoms with E-state index in [1.807, 2.05) is 0 Å². The van der Waals surface area contributed by atoms with Gasteiger partial charge in [-0.05, 0) is 35.9 Å². The van der Waals surface area contributed by atoms with Crippen molar-refractivity contribution in [2.24, 2.45) is 5.11 Å². The van der Waals surface area contributed by atoms with Crippen LogP contribution in [0.1, 0.15) is 17.6 Å². The van der Waals surface area contributed by atoms with E-state index in [2.05, 4.69) is 30.3 Å². The Kier molecular flexibility index (Phi) is 6.79. The molecular weight excluding hydrogens is 508 g/mol. The van der Waals surface area contributed by atoms with Crippen molar-refractivity contribution in [1.82, 2.24) is 19.5 Å². The van der Waals surface area contributed by atoms with E-state index in [-0.39, 0.29) is 18.8 Å². The van der Waals surface area contributed by atoms with Crippen molar-refractivity contribution in [3.8, 4) is 5.75 Å². The van der Waals surface area contributed by atoms with Crippen LogP contribution in [-0.4, -0.2) is 54.0 Å². The van der Waals surface area contributed by atoms with Gasteiger partial charge in [0.05, 0.1) is 12.6 Å². The first-order valence-electron chi connectivity index (χ1n) is 10.9. The number of carboxylic acids is 1. The summed E-state index contributed by atoms with van der Waals surface area (Å²) in [5, 5.41) is 27.1. The summed E-state index contributed by atoms with van der Waals surface area (Å²) in [6.45, 7) is 0.511. The number of benzene rings is 1. The number of aromatic nitrogens is 4. The molecule has 5 rings (SSSR count). The van der Waals surface area contributed by atoms with Gasteiger partial charge >= 0.3 is 5.97 Å². The number of hydrogen-bond donors (Lipinski definition) is 3. The standard InChI is InChI=1S/C22H19ClN8O6/c23-12-3-4-14(36-8-13-2-1-5-35-13)11(6-12)7-25-19-16-20(27-9-26-19)31(10-28-16)21-17(32)15(29-30-24)18(37-21)22(33)34/h1-6,9-10,15,17-18,21,32H,7-8H2,(H,33,34)(H,25,26,27). The quantitative estimate of drug-likeness (QED) is 0.165. The maximum atomic E-state index is 11.5. The number of fused-ring (bicyclic) bond motifs is 1. The van der Waals surface area contributed by atoms with Gasteiger partial charge < -0.3 is 29.4 Å². The molecule has 4 heterocycles. The van der Waals surface area contributed by atoms with E-state index in [0.717, 1.165) is 5.56 Å². The second-order valence-corrected chi connectivity index (χ2v) is 8.43. The number of carbonyl (C=O) groups is 1. The highest BCUT2D eigenvalue weighted by atomic mass is 35.5. The molecule has 0 saturated carbocycles. The maximum absolute atomic E-state index is 11.5. The van der Waals surface area contributed by atoms with Gasteiger partial charge in [0.1, 0.15) is 36.6 Å². The van der Waals surface area contributed by atoms with Gasteiger partial charge in [-0.3, -0.25) is 4.57 Å². The van der Waals surface area contributed by atoms with Crippen LogP contribution in [0.4, 0.5) is 5.82 Å². The highest BCUT2D eigenvalue weighted by molar-refractivity contribution is 6.30. The first-order valence-corrected chi connectivity index (χ1v) is 11.3. The number of anilines is 1. The molecule has 0 radical (unpaired) electrons. The molecule has 0 aliphatic carbocycles. The fraction of sp³-hybridized carbons (Fsp3) is 0.273. The molecule has 3 aromatic heterocycles. The van der Waals surface area contributed by atoms with Crippen LogP contribution in [0.3, 0.4) is 0 Å². The second-order valence-electron chi connectivity index (χ2n) is 7.99. The lowest BCUT2D eigenvalue weighted by Gasteiger charge is -2.16. The first-order chi connectivity index (χ1) is 18.0. The van der Waals surface area contributed by atoms with Crippen LogP contribution >= 0.6 is 11.6 Å². The smallest absolute Gasteiger partial charge is 0.333 e. The number of rotatable bonds is 9. The van der Waals surface area contributed by atoms with Crippen LogP contribution < -0.4 is 10.1 Å². The predicted molar refractivity (Wildman–Crippen MR) is 128 cm³/mol. The summed E-state index contributed by atoms with van der Waals surface area (Å²) in [6.07, 6.45) is 0.0233. The summed E-state index contributed by atoms with van der Waals surface area (Å²) in [6, 6.07) is 7.48. The topological polar surface area (TPSA) is 194 Å². The SMILES string of the molecule is [N-]=[N+]=NC1C(C(=O)O)OC(n2cnc3c(NCc4cc(Cl)ccc4OCc4ccco4)ncnc32)C1O. The lowest BCUT2D eigenvalue weighted by Crippen LogP contribution is -2.34. The van der Waals surface area contributed by atoms with E-state index in [1.165, 1.54) is 17.2 Å². The molecule has 0 spiro atoms. The van der Waals surface area contributed by atoms with E-state index in [1.54, 1.807) is 36.6 Å². The lowest BCUT2D eigenvalue weighted by molar-refractivity contribution is -0.152. The number of azide groups is 1. The normalized spacial score (nSPS) is 21.0. The number of nitrogens with one attached hydrogen (secondary N) is 1. The predicted octanol–water partition coefficient (Wildman–Crippen LogP) is 3.29. The molecule has 0 amide bonds. The Morgan fingerprint density at radius 1 is 1.32 bits per heavy atom. The molecule has 1 saturated heterocycles. The average Bonchev–Trinajstić information content (AvgIpc) is 3.62. The number of carboxylic acid groups (broad SMARTS) is 1. The van der Waals surface area contributed by atoms with Crippen molar-refractivity contribution >= 4 is 34.6 Å². The summed E-state index contributed by atoms with van der Waals surface area (Å²) < 4.78 is 18.1. The molecule has 1 aliphatic heterocycles. The van der Waals surface area contributed by atoms with Crippen LogP contribution in [0.5, 0.6) is 5.75 Å². The summed E-state index contributed by atoms with van der Waals surface area (Å²) in [5.41, 5.74) is 10.1. The minimum Gasteiger partial charge on any atom is -0.485 e. The van der Waals surface area contributed by atoms with Crippen LogP contribution in [0, 0.1) is 0 Å². The number of imidazole rings is 1. The molecule has 4 unspecified atom stereocenters. The van der Waals surface area contributed by atoms with Crippen LogP contribution in [0.25, 0.3) is 21.6 Å². The first kappa shape index (κ1) is 24.3. The number of aliphatic hydroxyl groups excluding tert-OH is 1. The van der Waals surface area contributed by atoms with E-state index in [9.17, 15) is 15.0 Å². The molecule has 15 heteroatoms. The number of aliphatic carboxylic acids is 1. The Balaban J connectivity index is 1.38. The van der Waals surface area contributed by atoms with Crippen LogP contribution in [0.15, 0.2) is 58.8 Å². The Hall–Kier alpha value is -4.36. The van der Waals surface area contributed by atoms with Gasteiger partial charge in [0.25, 0.3) is 0 Å². The fourth-order valence-corrected chi connectivity index (χ4v) is 4.19. The molecule has 3 N–H and O–H groups in total. The van der Waals surface area contributed by atoms with Gasteiger partial charge in [0, 0.05) is 22.0 Å². The zero-order chi connectivity index (χ0) is 25.9. The van der Waals surface area contributed by atoms with Gasteiger partial charge in [-0.2, -0.15) is 0 Å². The third kappa shape index (κ3) is 4.86. The van der Waals surface area contributed by atoms with E-state index in [0.29, 0.717) is 27.9 Å². The summed E-state index contributed by atoms with van der Waals surface area (Å²) in [7, 11) is 0. The van der Waals surface area contributed by atoms with Crippen molar-refractivity contribution < 1.29 is 28.9 Å². The van der Waals surface area contributed by atoms with Gasteiger partial charge in [0.15, 0.2) is 29.3 Å². The van der Waals surface area contributed by atoms with Crippen molar-refractivity contribution in [2.75, 3.05) is 5.32 Å². The second kappa shape index (κ2) is 10.3. The highest BCUT2D eigenvalue weighted by Gasteiger charge is 2.48. The summed E-state index contributed by atoms with van der Waals surface area (Å²) in [5.74, 6) is 0.262. The van der Waals surface area contributed by atoms with Crippen molar-refractivity contribution in [1.29, 1.82) is 0 Å². The lowest BCUT2D eigenvalue weighted by atomic mass is 10.1. The fourth-order valence-electron chi connectivity index (χ4n) is 4.00. The molecule has 0 bridgehead atoms. The van der Waals surface area contributed by atoms with E-state index < -0.39 is 30.4 Å². The van der Waals surface area contributed by atoms with Crippen molar-refractivity contribution in [2.45, 2.75) is 37.6 Å². The maximum Gasteiger partial charge on any atom is 0.333 e. The minimum absolute atomic E-state index is 0.238. The molecule has 1 aliphatic rings. The zero-order valence-corrected chi connectivity index (χ0v) is 19.6. The molecule has 4 atom stereocenters. The van der Waals surface area contributed by atoms with Gasteiger partial charge in [-0.15, -0.1) is 0 Å². The number of nitrogens with zero attached hydrogens (tertiary/aromatic N) is 7. The van der Waals surface area contributed by atoms with E-state index >= 15 is 0 Å². The average molecular weight is 527 g/mol. The molecule has 1 fully saturated rings. The van der Waals surface area contributed by atoms with Gasteiger partial charge in [-0.25, -0.2) is 19.7 Å². The Morgan fingerprint density at radius 3 is 2.95 bits per heavy atom. The third-order valence-electron chi connectivity index (χ3n) is 5.72. The van der Waals surface area contributed by atoms with Crippen molar-refractivity contribution in [3.63, 3.8) is 0 Å². The van der Waals surface area contributed by atoms with Gasteiger partial charge in [-0.1, -0.05) is 16.7 Å². The van der Waals surface area contributed by atoms with E-state index in [4.69, 9.17) is 31.0 Å². The molecule has 14 nitrogen and oxygen atoms in total. The third-order valence-corrected chi connectivity index (χ3v) is 5.95. The van der Waals surface area contributed by atoms with Crippen LogP contribution in [-0.2, 0) is 22.7 Å². The number of ether oxygens (including phenoxy) is 2.